The van der Waals surface area contributed by atoms with Gasteiger partial charge in [0.05, 0.1) is 5.69 Å². The van der Waals surface area contributed by atoms with Gasteiger partial charge in [0.25, 0.3) is 0 Å². The minimum Gasteiger partial charge on any atom is -0.308 e. The molecule has 1 N–H and O–H groups in total. The molecule has 0 aromatic carbocycles. The van der Waals surface area contributed by atoms with Crippen LogP contribution in [0.5, 0.6) is 0 Å². The van der Waals surface area contributed by atoms with Crippen LogP contribution in [0.25, 0.3) is 0 Å². The van der Waals surface area contributed by atoms with Crippen molar-refractivity contribution in [2.24, 2.45) is 11.8 Å². The van der Waals surface area contributed by atoms with E-state index < -0.39 is 0 Å². The van der Waals surface area contributed by atoms with Crippen LogP contribution in [0, 0.1) is 11.8 Å². The van der Waals surface area contributed by atoms with E-state index in [0.717, 1.165) is 24.1 Å². The molecule has 2 heteroatoms. The van der Waals surface area contributed by atoms with Gasteiger partial charge in [0.1, 0.15) is 0 Å². The Kier molecular flexibility index (Phi) is 5.18. The highest BCUT2D eigenvalue weighted by Crippen LogP contribution is 2.28. The summed E-state index contributed by atoms with van der Waals surface area (Å²) in [6, 6.07) is 6.82. The average molecular weight is 246 g/mol. The number of hydrogen-bond donors (Lipinski definition) is 1. The maximum absolute atomic E-state index is 4.37. The van der Waals surface area contributed by atoms with E-state index in [0.29, 0.717) is 6.04 Å². The molecule has 18 heavy (non-hydrogen) atoms. The van der Waals surface area contributed by atoms with Gasteiger partial charge < -0.3 is 5.32 Å². The molecular weight excluding hydrogens is 220 g/mol. The zero-order chi connectivity index (χ0) is 12.8. The van der Waals surface area contributed by atoms with Crippen molar-refractivity contribution in [2.75, 3.05) is 0 Å². The monoisotopic (exact) mass is 246 g/mol. The first-order valence-electron chi connectivity index (χ1n) is 7.39. The third-order valence-electron chi connectivity index (χ3n) is 4.25. The summed E-state index contributed by atoms with van der Waals surface area (Å²) in [5.74, 6) is 1.78. The van der Waals surface area contributed by atoms with Crippen LogP contribution < -0.4 is 5.32 Å². The molecular formula is C16H26N2. The zero-order valence-electron chi connectivity index (χ0n) is 11.7. The van der Waals surface area contributed by atoms with Crippen LogP contribution in [-0.4, -0.2) is 11.0 Å². The highest BCUT2D eigenvalue weighted by molar-refractivity contribution is 5.03. The van der Waals surface area contributed by atoms with Crippen molar-refractivity contribution < 1.29 is 0 Å². The van der Waals surface area contributed by atoms with E-state index in [9.17, 15) is 0 Å². The summed E-state index contributed by atoms with van der Waals surface area (Å²) in [4.78, 5) is 4.37. The van der Waals surface area contributed by atoms with E-state index in [1.54, 1.807) is 0 Å². The van der Waals surface area contributed by atoms with Gasteiger partial charge in [-0.25, -0.2) is 0 Å². The van der Waals surface area contributed by atoms with Crippen molar-refractivity contribution in [3.63, 3.8) is 0 Å². The van der Waals surface area contributed by atoms with Gasteiger partial charge in [-0.3, -0.25) is 4.98 Å². The van der Waals surface area contributed by atoms with Crippen molar-refractivity contribution in [1.82, 2.24) is 10.3 Å². The Morgan fingerprint density at radius 1 is 1.22 bits per heavy atom. The van der Waals surface area contributed by atoms with Crippen LogP contribution in [0.15, 0.2) is 24.4 Å². The molecule has 1 aliphatic rings. The number of rotatable bonds is 4. The lowest BCUT2D eigenvalue weighted by Gasteiger charge is -2.19. The maximum atomic E-state index is 4.37. The Balaban J connectivity index is 1.77. The summed E-state index contributed by atoms with van der Waals surface area (Å²) >= 11 is 0. The lowest BCUT2D eigenvalue weighted by atomic mass is 9.89. The zero-order valence-corrected chi connectivity index (χ0v) is 11.7. The summed E-state index contributed by atoms with van der Waals surface area (Å²) in [5.41, 5.74) is 1.15. The smallest absolute Gasteiger partial charge is 0.0541 e. The summed E-state index contributed by atoms with van der Waals surface area (Å²) in [5, 5.41) is 3.67. The molecule has 1 fully saturated rings. The highest BCUT2D eigenvalue weighted by Gasteiger charge is 2.20. The van der Waals surface area contributed by atoms with E-state index in [1.165, 1.54) is 32.1 Å². The highest BCUT2D eigenvalue weighted by atomic mass is 14.9. The topological polar surface area (TPSA) is 24.9 Å². The number of aromatic nitrogens is 1. The number of nitrogens with one attached hydrogen (secondary N) is 1. The van der Waals surface area contributed by atoms with E-state index in [4.69, 9.17) is 0 Å². The Morgan fingerprint density at radius 3 is 2.83 bits per heavy atom. The first kappa shape index (κ1) is 13.5. The molecule has 1 aliphatic carbocycles. The van der Waals surface area contributed by atoms with Gasteiger partial charge >= 0.3 is 0 Å². The first-order valence-corrected chi connectivity index (χ1v) is 7.39. The molecule has 0 aliphatic heterocycles. The molecule has 1 heterocycles. The maximum Gasteiger partial charge on any atom is 0.0541 e. The molecule has 0 radical (unpaired) electrons. The molecule has 1 aromatic rings. The lowest BCUT2D eigenvalue weighted by molar-refractivity contribution is 0.337. The summed E-state index contributed by atoms with van der Waals surface area (Å²) in [6.07, 6.45) is 8.71. The van der Waals surface area contributed by atoms with Crippen LogP contribution in [-0.2, 0) is 6.54 Å². The molecule has 2 nitrogen and oxygen atoms in total. The SMILES string of the molecule is CC(C)C1CCCC(NCc2ccccn2)CC1. The predicted octanol–water partition coefficient (Wildman–Crippen LogP) is 3.78. The standard InChI is InChI=1S/C16H26N2/c1-13(2)14-6-5-8-15(10-9-14)18-12-16-7-3-4-11-17-16/h3-4,7,11,13-15,18H,5-6,8-10,12H2,1-2H3. The normalized spacial score (nSPS) is 25.1. The predicted molar refractivity (Wildman–Crippen MR) is 76.3 cm³/mol. The third kappa shape index (κ3) is 4.09. The van der Waals surface area contributed by atoms with Gasteiger partial charge in [-0.05, 0) is 43.2 Å². The Hall–Kier alpha value is -0.890. The molecule has 2 unspecified atom stereocenters. The molecule has 0 spiro atoms. The number of nitrogens with zero attached hydrogens (tertiary/aromatic N) is 1. The molecule has 0 amide bonds. The van der Waals surface area contributed by atoms with Gasteiger partial charge in [0.2, 0.25) is 0 Å². The molecule has 1 saturated carbocycles. The number of pyridine rings is 1. The minimum absolute atomic E-state index is 0.691. The summed E-state index contributed by atoms with van der Waals surface area (Å²) < 4.78 is 0. The molecule has 0 saturated heterocycles. The first-order chi connectivity index (χ1) is 8.75. The largest absolute Gasteiger partial charge is 0.308 e. The number of hydrogen-bond acceptors (Lipinski definition) is 2. The van der Waals surface area contributed by atoms with Crippen molar-refractivity contribution in [2.45, 2.75) is 58.5 Å². The van der Waals surface area contributed by atoms with Crippen molar-refractivity contribution in [1.29, 1.82) is 0 Å². The fourth-order valence-electron chi connectivity index (χ4n) is 2.95. The van der Waals surface area contributed by atoms with E-state index in [1.807, 2.05) is 12.3 Å². The Morgan fingerprint density at radius 2 is 2.11 bits per heavy atom. The van der Waals surface area contributed by atoms with E-state index in [2.05, 4.69) is 36.3 Å². The van der Waals surface area contributed by atoms with Crippen molar-refractivity contribution >= 4 is 0 Å². The quantitative estimate of drug-likeness (QED) is 0.818. The summed E-state index contributed by atoms with van der Waals surface area (Å²) in [7, 11) is 0. The van der Waals surface area contributed by atoms with E-state index in [-0.39, 0.29) is 0 Å². The van der Waals surface area contributed by atoms with Gasteiger partial charge in [-0.15, -0.1) is 0 Å². The van der Waals surface area contributed by atoms with Crippen molar-refractivity contribution in [3.8, 4) is 0 Å². The molecule has 1 aromatic heterocycles. The lowest BCUT2D eigenvalue weighted by Crippen LogP contribution is -2.28. The van der Waals surface area contributed by atoms with Gasteiger partial charge in [0, 0.05) is 18.8 Å². The van der Waals surface area contributed by atoms with Crippen LogP contribution in [0.4, 0.5) is 0 Å². The van der Waals surface area contributed by atoms with Gasteiger partial charge in [-0.1, -0.05) is 32.8 Å². The second kappa shape index (κ2) is 6.89. The molecule has 0 bridgehead atoms. The Bertz CT molecular complexity index is 334. The summed E-state index contributed by atoms with van der Waals surface area (Å²) in [6.45, 7) is 5.65. The van der Waals surface area contributed by atoms with E-state index >= 15 is 0 Å². The molecule has 2 rings (SSSR count). The fourth-order valence-corrected chi connectivity index (χ4v) is 2.95. The van der Waals surface area contributed by atoms with Crippen LogP contribution in [0.3, 0.4) is 0 Å². The minimum atomic E-state index is 0.691. The molecule has 100 valence electrons. The molecule has 2 atom stereocenters. The van der Waals surface area contributed by atoms with Gasteiger partial charge in [0.15, 0.2) is 0 Å². The van der Waals surface area contributed by atoms with Crippen LogP contribution in [0.2, 0.25) is 0 Å². The average Bonchev–Trinajstić information content (AvgIpc) is 2.63. The van der Waals surface area contributed by atoms with Gasteiger partial charge in [-0.2, -0.15) is 0 Å². The Labute approximate surface area is 111 Å². The third-order valence-corrected chi connectivity index (χ3v) is 4.25. The van der Waals surface area contributed by atoms with Crippen LogP contribution >= 0.6 is 0 Å². The fraction of sp³-hybridized carbons (Fsp3) is 0.688. The van der Waals surface area contributed by atoms with Crippen molar-refractivity contribution in [3.05, 3.63) is 30.1 Å². The second-order valence-electron chi connectivity index (χ2n) is 5.91. The van der Waals surface area contributed by atoms with Crippen LogP contribution in [0.1, 0.15) is 51.6 Å². The second-order valence-corrected chi connectivity index (χ2v) is 5.91.